The third-order valence-corrected chi connectivity index (χ3v) is 2.41. The molecule has 0 saturated carbocycles. The molecule has 0 heterocycles. The van der Waals surface area contributed by atoms with Crippen LogP contribution in [-0.4, -0.2) is 12.3 Å². The van der Waals surface area contributed by atoms with Crippen molar-refractivity contribution in [2.24, 2.45) is 5.84 Å². The van der Waals surface area contributed by atoms with E-state index in [0.29, 0.717) is 6.42 Å². The topological polar surface area (TPSA) is 55.1 Å². The quantitative estimate of drug-likeness (QED) is 0.423. The molecule has 0 fully saturated rings. The molecule has 3 heteroatoms. The summed E-state index contributed by atoms with van der Waals surface area (Å²) in [5.74, 6) is 5.22. The summed E-state index contributed by atoms with van der Waals surface area (Å²) in [5, 5.41) is 0. The average molecular weight is 192 g/mol. The number of aldehydes is 1. The van der Waals surface area contributed by atoms with E-state index in [1.807, 2.05) is 6.07 Å². The number of hydrogen-bond donors (Lipinski definition) is 2. The second kappa shape index (κ2) is 4.88. The van der Waals surface area contributed by atoms with Gasteiger partial charge in [-0.05, 0) is 37.0 Å². The van der Waals surface area contributed by atoms with Crippen LogP contribution in [0.15, 0.2) is 18.2 Å². The molecule has 0 aromatic heterocycles. The van der Waals surface area contributed by atoms with Crippen molar-refractivity contribution in [2.45, 2.75) is 26.3 Å². The Morgan fingerprint density at radius 2 is 2.14 bits per heavy atom. The smallest absolute Gasteiger partial charge is 0.138 e. The monoisotopic (exact) mass is 192 g/mol. The predicted octanol–water partition coefficient (Wildman–Crippen LogP) is 0.877. The van der Waals surface area contributed by atoms with Crippen molar-refractivity contribution in [1.29, 1.82) is 0 Å². The van der Waals surface area contributed by atoms with Gasteiger partial charge in [0.1, 0.15) is 6.29 Å². The van der Waals surface area contributed by atoms with Crippen LogP contribution in [-0.2, 0) is 11.2 Å². The van der Waals surface area contributed by atoms with Gasteiger partial charge in [0.15, 0.2) is 0 Å². The minimum Gasteiger partial charge on any atom is -0.302 e. The second-order valence-corrected chi connectivity index (χ2v) is 3.53. The summed E-state index contributed by atoms with van der Waals surface area (Å²) in [4.78, 5) is 10.5. The Bertz CT molecular complexity index is 323. The third kappa shape index (κ3) is 2.65. The standard InChI is InChI=1S/C11H16N2O/c1-8-3-4-10(5-9(8)2)6-11(7-14)13-12/h3-5,7,11,13H,6,12H2,1-2H3. The van der Waals surface area contributed by atoms with E-state index in [1.54, 1.807) is 0 Å². The fraction of sp³-hybridized carbons (Fsp3) is 0.364. The minimum absolute atomic E-state index is 0.294. The van der Waals surface area contributed by atoms with Gasteiger partial charge in [0.2, 0.25) is 0 Å². The molecule has 0 amide bonds. The molecule has 0 radical (unpaired) electrons. The maximum atomic E-state index is 10.5. The Kier molecular flexibility index (Phi) is 3.80. The summed E-state index contributed by atoms with van der Waals surface area (Å²) in [6.07, 6.45) is 1.47. The van der Waals surface area contributed by atoms with Gasteiger partial charge in [-0.15, -0.1) is 0 Å². The first-order valence-electron chi connectivity index (χ1n) is 4.65. The molecule has 3 N–H and O–H groups in total. The predicted molar refractivity (Wildman–Crippen MR) is 56.8 cm³/mol. The van der Waals surface area contributed by atoms with Crippen molar-refractivity contribution in [1.82, 2.24) is 5.43 Å². The summed E-state index contributed by atoms with van der Waals surface area (Å²) >= 11 is 0. The number of hydrogen-bond acceptors (Lipinski definition) is 3. The van der Waals surface area contributed by atoms with Gasteiger partial charge in [-0.3, -0.25) is 5.84 Å². The normalized spacial score (nSPS) is 12.5. The first-order chi connectivity index (χ1) is 6.67. The van der Waals surface area contributed by atoms with Crippen LogP contribution < -0.4 is 11.3 Å². The number of carbonyl (C=O) groups excluding carboxylic acids is 1. The molecule has 1 aromatic rings. The number of benzene rings is 1. The lowest BCUT2D eigenvalue weighted by molar-refractivity contribution is -0.109. The van der Waals surface area contributed by atoms with Crippen molar-refractivity contribution in [3.05, 3.63) is 34.9 Å². The molecule has 0 aliphatic heterocycles. The van der Waals surface area contributed by atoms with Crippen LogP contribution in [0.3, 0.4) is 0 Å². The van der Waals surface area contributed by atoms with Gasteiger partial charge in [0.25, 0.3) is 0 Å². The lowest BCUT2D eigenvalue weighted by Gasteiger charge is -2.09. The Morgan fingerprint density at radius 1 is 1.43 bits per heavy atom. The summed E-state index contributed by atoms with van der Waals surface area (Å²) in [5.41, 5.74) is 6.10. The lowest BCUT2D eigenvalue weighted by Crippen LogP contribution is -2.37. The molecule has 1 unspecified atom stereocenters. The van der Waals surface area contributed by atoms with Gasteiger partial charge in [0, 0.05) is 0 Å². The average Bonchev–Trinajstić information content (AvgIpc) is 2.19. The van der Waals surface area contributed by atoms with Gasteiger partial charge < -0.3 is 4.79 Å². The van der Waals surface area contributed by atoms with E-state index in [0.717, 1.165) is 11.8 Å². The molecule has 3 nitrogen and oxygen atoms in total. The molecule has 0 saturated heterocycles. The summed E-state index contributed by atoms with van der Waals surface area (Å²) in [7, 11) is 0. The van der Waals surface area contributed by atoms with E-state index in [-0.39, 0.29) is 6.04 Å². The molecule has 0 aliphatic carbocycles. The van der Waals surface area contributed by atoms with E-state index in [4.69, 9.17) is 5.84 Å². The first kappa shape index (κ1) is 10.9. The molecule has 0 spiro atoms. The van der Waals surface area contributed by atoms with E-state index >= 15 is 0 Å². The number of rotatable bonds is 4. The van der Waals surface area contributed by atoms with E-state index in [2.05, 4.69) is 31.4 Å². The Morgan fingerprint density at radius 3 is 2.64 bits per heavy atom. The maximum Gasteiger partial charge on any atom is 0.138 e. The fourth-order valence-electron chi connectivity index (χ4n) is 1.33. The largest absolute Gasteiger partial charge is 0.302 e. The van der Waals surface area contributed by atoms with Gasteiger partial charge >= 0.3 is 0 Å². The van der Waals surface area contributed by atoms with Crippen molar-refractivity contribution < 1.29 is 4.79 Å². The van der Waals surface area contributed by atoms with Crippen molar-refractivity contribution in [3.63, 3.8) is 0 Å². The second-order valence-electron chi connectivity index (χ2n) is 3.53. The van der Waals surface area contributed by atoms with Crippen LogP contribution in [0.25, 0.3) is 0 Å². The van der Waals surface area contributed by atoms with Crippen LogP contribution >= 0.6 is 0 Å². The Balaban J connectivity index is 2.76. The minimum atomic E-state index is -0.294. The molecule has 76 valence electrons. The Hall–Kier alpha value is -1.19. The zero-order valence-corrected chi connectivity index (χ0v) is 8.58. The number of carbonyl (C=O) groups is 1. The highest BCUT2D eigenvalue weighted by atomic mass is 16.1. The van der Waals surface area contributed by atoms with Gasteiger partial charge in [-0.25, -0.2) is 5.43 Å². The highest BCUT2D eigenvalue weighted by Crippen LogP contribution is 2.10. The highest BCUT2D eigenvalue weighted by molar-refractivity contribution is 5.58. The highest BCUT2D eigenvalue weighted by Gasteiger charge is 2.05. The van der Waals surface area contributed by atoms with E-state index in [9.17, 15) is 4.79 Å². The summed E-state index contributed by atoms with van der Waals surface area (Å²) in [6.45, 7) is 4.13. The molecule has 0 aliphatic rings. The van der Waals surface area contributed by atoms with Gasteiger partial charge in [-0.1, -0.05) is 18.2 Å². The number of aryl methyl sites for hydroxylation is 2. The molecule has 14 heavy (non-hydrogen) atoms. The van der Waals surface area contributed by atoms with Crippen molar-refractivity contribution in [3.8, 4) is 0 Å². The lowest BCUT2D eigenvalue weighted by atomic mass is 10.0. The molecular formula is C11H16N2O. The number of nitrogens with two attached hydrogens (primary N) is 1. The molecule has 1 aromatic carbocycles. The summed E-state index contributed by atoms with van der Waals surface area (Å²) < 4.78 is 0. The van der Waals surface area contributed by atoms with Crippen LogP contribution in [0, 0.1) is 13.8 Å². The van der Waals surface area contributed by atoms with Crippen LogP contribution in [0.4, 0.5) is 0 Å². The molecule has 0 bridgehead atoms. The first-order valence-corrected chi connectivity index (χ1v) is 4.65. The molecular weight excluding hydrogens is 176 g/mol. The Labute approximate surface area is 84.3 Å². The van der Waals surface area contributed by atoms with E-state index in [1.165, 1.54) is 11.1 Å². The van der Waals surface area contributed by atoms with Crippen molar-refractivity contribution in [2.75, 3.05) is 0 Å². The zero-order valence-electron chi connectivity index (χ0n) is 8.58. The molecule has 1 rings (SSSR count). The van der Waals surface area contributed by atoms with Crippen molar-refractivity contribution >= 4 is 6.29 Å². The van der Waals surface area contributed by atoms with Crippen LogP contribution in [0.5, 0.6) is 0 Å². The summed E-state index contributed by atoms with van der Waals surface area (Å²) in [6, 6.07) is 5.87. The van der Waals surface area contributed by atoms with Crippen LogP contribution in [0.2, 0.25) is 0 Å². The van der Waals surface area contributed by atoms with E-state index < -0.39 is 0 Å². The fourth-order valence-corrected chi connectivity index (χ4v) is 1.33. The maximum absolute atomic E-state index is 10.5. The number of nitrogens with one attached hydrogen (secondary N) is 1. The zero-order chi connectivity index (χ0) is 10.6. The van der Waals surface area contributed by atoms with Gasteiger partial charge in [-0.2, -0.15) is 0 Å². The third-order valence-electron chi connectivity index (χ3n) is 2.41. The SMILES string of the molecule is Cc1ccc(CC(C=O)NN)cc1C. The van der Waals surface area contributed by atoms with Gasteiger partial charge in [0.05, 0.1) is 6.04 Å². The number of hydrazine groups is 1. The molecule has 1 atom stereocenters. The van der Waals surface area contributed by atoms with Crippen LogP contribution in [0.1, 0.15) is 16.7 Å².